The molecule has 0 atom stereocenters. The van der Waals surface area contributed by atoms with Crippen molar-refractivity contribution in [3.8, 4) is 0 Å². The van der Waals surface area contributed by atoms with Crippen LogP contribution in [0.3, 0.4) is 0 Å². The van der Waals surface area contributed by atoms with Crippen LogP contribution in [0.2, 0.25) is 5.02 Å². The zero-order valence-corrected chi connectivity index (χ0v) is 19.0. The lowest BCUT2D eigenvalue weighted by Crippen LogP contribution is -2.29. The minimum absolute atomic E-state index is 0.0599. The number of carbonyl (C=O) groups excluding carboxylic acids is 1. The van der Waals surface area contributed by atoms with Crippen molar-refractivity contribution in [2.45, 2.75) is 13.5 Å². The molecule has 166 valence electrons. The Morgan fingerprint density at radius 1 is 1.09 bits per heavy atom. The smallest absolute Gasteiger partial charge is 0.267 e. The second kappa shape index (κ2) is 9.93. The number of hydrogen-bond donors (Lipinski definition) is 1. The fraction of sp³-hybridized carbons (Fsp3) is 0.130. The Balaban J connectivity index is 1.73. The molecule has 0 aliphatic carbocycles. The molecule has 0 heterocycles. The Morgan fingerprint density at radius 3 is 2.34 bits per heavy atom. The molecule has 0 aliphatic heterocycles. The van der Waals surface area contributed by atoms with E-state index in [1.807, 2.05) is 31.2 Å². The highest BCUT2D eigenvalue weighted by Gasteiger charge is 2.18. The number of benzene rings is 3. The summed E-state index contributed by atoms with van der Waals surface area (Å²) in [7, 11) is -3.55. The summed E-state index contributed by atoms with van der Waals surface area (Å²) in [6.07, 6.45) is 2.25. The first-order valence-electron chi connectivity index (χ1n) is 9.56. The number of hydrazone groups is 1. The summed E-state index contributed by atoms with van der Waals surface area (Å²) in [5.41, 5.74) is 4.96. The van der Waals surface area contributed by atoms with Crippen molar-refractivity contribution >= 4 is 39.4 Å². The van der Waals surface area contributed by atoms with Crippen LogP contribution >= 0.6 is 11.6 Å². The largest absolute Gasteiger partial charge is 0.271 e. The molecule has 0 radical (unpaired) electrons. The third-order valence-corrected chi connectivity index (χ3v) is 6.09. The number of carbonyl (C=O) groups is 1. The number of hydrogen-bond acceptors (Lipinski definition) is 4. The first kappa shape index (κ1) is 23.4. The monoisotopic (exact) mass is 473 g/mol. The molecule has 3 aromatic rings. The van der Waals surface area contributed by atoms with Crippen LogP contribution in [0.1, 0.15) is 27.0 Å². The van der Waals surface area contributed by atoms with Gasteiger partial charge >= 0.3 is 0 Å². The summed E-state index contributed by atoms with van der Waals surface area (Å²) in [5.74, 6) is -1.10. The van der Waals surface area contributed by atoms with Crippen molar-refractivity contribution in [1.29, 1.82) is 0 Å². The molecule has 1 N–H and O–H groups in total. The van der Waals surface area contributed by atoms with E-state index < -0.39 is 21.7 Å². The van der Waals surface area contributed by atoms with Crippen LogP contribution in [0.4, 0.5) is 10.1 Å². The molecule has 0 unspecified atom stereocenters. The van der Waals surface area contributed by atoms with Gasteiger partial charge in [0.1, 0.15) is 5.82 Å². The number of amides is 1. The van der Waals surface area contributed by atoms with E-state index in [1.165, 1.54) is 34.6 Å². The number of halogens is 2. The Labute approximate surface area is 191 Å². The van der Waals surface area contributed by atoms with Gasteiger partial charge in [0, 0.05) is 11.1 Å². The predicted molar refractivity (Wildman–Crippen MR) is 125 cm³/mol. The van der Waals surface area contributed by atoms with E-state index in [9.17, 15) is 17.6 Å². The average molecular weight is 474 g/mol. The summed E-state index contributed by atoms with van der Waals surface area (Å²) in [5, 5.41) is 3.91. The molecule has 3 aromatic carbocycles. The van der Waals surface area contributed by atoms with Crippen LogP contribution in [0.5, 0.6) is 0 Å². The van der Waals surface area contributed by atoms with Gasteiger partial charge < -0.3 is 0 Å². The van der Waals surface area contributed by atoms with Crippen molar-refractivity contribution in [1.82, 2.24) is 5.43 Å². The molecule has 0 fully saturated rings. The van der Waals surface area contributed by atoms with Crippen molar-refractivity contribution in [2.75, 3.05) is 10.6 Å². The molecule has 6 nitrogen and oxygen atoms in total. The van der Waals surface area contributed by atoms with E-state index in [2.05, 4.69) is 10.5 Å². The number of nitrogens with zero attached hydrogens (tertiary/aromatic N) is 2. The molecule has 0 saturated heterocycles. The fourth-order valence-electron chi connectivity index (χ4n) is 2.89. The Bertz CT molecular complexity index is 1220. The van der Waals surface area contributed by atoms with E-state index in [0.29, 0.717) is 5.69 Å². The zero-order chi connectivity index (χ0) is 23.3. The van der Waals surface area contributed by atoms with Gasteiger partial charge in [-0.1, -0.05) is 47.5 Å². The molecule has 32 heavy (non-hydrogen) atoms. The van der Waals surface area contributed by atoms with Crippen LogP contribution in [0, 0.1) is 12.7 Å². The molecule has 0 aromatic heterocycles. The lowest BCUT2D eigenvalue weighted by atomic mass is 10.1. The highest BCUT2D eigenvalue weighted by atomic mass is 35.5. The second-order valence-electron chi connectivity index (χ2n) is 7.14. The van der Waals surface area contributed by atoms with Crippen molar-refractivity contribution in [2.24, 2.45) is 5.10 Å². The molecule has 9 heteroatoms. The van der Waals surface area contributed by atoms with Gasteiger partial charge in [-0.2, -0.15) is 5.10 Å². The summed E-state index contributed by atoms with van der Waals surface area (Å²) in [6, 6.07) is 17.8. The fourth-order valence-corrected chi connectivity index (χ4v) is 3.99. The maximum absolute atomic E-state index is 13.7. The molecular weight excluding hydrogens is 453 g/mol. The zero-order valence-electron chi connectivity index (χ0n) is 17.4. The maximum atomic E-state index is 13.7. The molecule has 1 amide bonds. The number of nitrogens with one attached hydrogen (secondary N) is 1. The SMILES string of the molecule is Cc1ccc(CN(c2ccc(C(=O)N/N=C\c3c(F)cccc3Cl)cc2)S(C)(=O)=O)cc1. The van der Waals surface area contributed by atoms with Gasteiger partial charge in [0.2, 0.25) is 10.0 Å². The standard InChI is InChI=1S/C23H21ClFN3O3S/c1-16-6-8-17(9-7-16)15-28(32(2,30)31)19-12-10-18(11-13-19)23(29)27-26-14-20-21(24)4-3-5-22(20)25/h3-14H,15H2,1-2H3,(H,27,29)/b26-14-. The molecular formula is C23H21ClFN3O3S. The highest BCUT2D eigenvalue weighted by molar-refractivity contribution is 7.92. The summed E-state index contributed by atoms with van der Waals surface area (Å²) >= 11 is 5.91. The lowest BCUT2D eigenvalue weighted by Gasteiger charge is -2.22. The van der Waals surface area contributed by atoms with Crippen LogP contribution in [-0.4, -0.2) is 26.8 Å². The van der Waals surface area contributed by atoms with Crippen molar-refractivity contribution < 1.29 is 17.6 Å². The van der Waals surface area contributed by atoms with E-state index >= 15 is 0 Å². The number of anilines is 1. The van der Waals surface area contributed by atoms with Crippen LogP contribution in [-0.2, 0) is 16.6 Å². The third-order valence-electron chi connectivity index (χ3n) is 4.62. The highest BCUT2D eigenvalue weighted by Crippen LogP contribution is 2.22. The Morgan fingerprint density at radius 2 is 1.75 bits per heavy atom. The van der Waals surface area contributed by atoms with E-state index in [0.717, 1.165) is 23.6 Å². The van der Waals surface area contributed by atoms with Crippen LogP contribution < -0.4 is 9.73 Å². The summed E-state index contributed by atoms with van der Waals surface area (Å²) in [6.45, 7) is 2.12. The number of sulfonamides is 1. The quantitative estimate of drug-likeness (QED) is 0.405. The van der Waals surface area contributed by atoms with Crippen molar-refractivity contribution in [3.05, 3.63) is 99.8 Å². The van der Waals surface area contributed by atoms with Gasteiger partial charge in [-0.05, 0) is 48.9 Å². The lowest BCUT2D eigenvalue weighted by molar-refractivity contribution is 0.0955. The minimum atomic E-state index is -3.55. The summed E-state index contributed by atoms with van der Waals surface area (Å²) < 4.78 is 39.7. The van der Waals surface area contributed by atoms with Gasteiger partial charge in [0.05, 0.1) is 29.7 Å². The van der Waals surface area contributed by atoms with Crippen LogP contribution in [0.25, 0.3) is 0 Å². The number of rotatable bonds is 7. The molecule has 0 spiro atoms. The minimum Gasteiger partial charge on any atom is -0.267 e. The first-order chi connectivity index (χ1) is 15.1. The second-order valence-corrected chi connectivity index (χ2v) is 9.45. The molecule has 0 bridgehead atoms. The van der Waals surface area contributed by atoms with E-state index in [1.54, 1.807) is 12.1 Å². The maximum Gasteiger partial charge on any atom is 0.271 e. The topological polar surface area (TPSA) is 78.8 Å². The third kappa shape index (κ3) is 5.93. The first-order valence-corrected chi connectivity index (χ1v) is 11.8. The van der Waals surface area contributed by atoms with Crippen LogP contribution in [0.15, 0.2) is 71.8 Å². The van der Waals surface area contributed by atoms with Gasteiger partial charge in [-0.3, -0.25) is 9.10 Å². The molecule has 0 aliphatic rings. The normalized spacial score (nSPS) is 11.5. The average Bonchev–Trinajstić information content (AvgIpc) is 2.74. The molecule has 0 saturated carbocycles. The van der Waals surface area contributed by atoms with Gasteiger partial charge in [-0.15, -0.1) is 0 Å². The number of aryl methyl sites for hydroxylation is 1. The predicted octanol–water partition coefficient (Wildman–Crippen LogP) is 4.52. The molecule has 3 rings (SSSR count). The Hall–Kier alpha value is -3.23. The van der Waals surface area contributed by atoms with Gasteiger partial charge in [-0.25, -0.2) is 18.2 Å². The van der Waals surface area contributed by atoms with Gasteiger partial charge in [0.25, 0.3) is 5.91 Å². The van der Waals surface area contributed by atoms with E-state index in [4.69, 9.17) is 11.6 Å². The van der Waals surface area contributed by atoms with E-state index in [-0.39, 0.29) is 22.7 Å². The summed E-state index contributed by atoms with van der Waals surface area (Å²) in [4.78, 5) is 12.3. The van der Waals surface area contributed by atoms with Crippen molar-refractivity contribution in [3.63, 3.8) is 0 Å². The Kier molecular flexibility index (Phi) is 7.27. The van der Waals surface area contributed by atoms with Gasteiger partial charge in [0.15, 0.2) is 0 Å².